The van der Waals surface area contributed by atoms with E-state index in [0.717, 1.165) is 23.3 Å². The summed E-state index contributed by atoms with van der Waals surface area (Å²) in [6.45, 7) is 9.86. The van der Waals surface area contributed by atoms with Crippen LogP contribution in [0.3, 0.4) is 0 Å². The van der Waals surface area contributed by atoms with Crippen LogP contribution in [0.2, 0.25) is 0 Å². The van der Waals surface area contributed by atoms with Gasteiger partial charge in [0.2, 0.25) is 5.91 Å². The fourth-order valence-electron chi connectivity index (χ4n) is 2.31. The second-order valence-corrected chi connectivity index (χ2v) is 6.01. The SMILES string of the molecule is CCCC(C)(N)C(=O)NCc1ccc(C)cc1OCCOCC.Cl. The van der Waals surface area contributed by atoms with Gasteiger partial charge in [0.15, 0.2) is 0 Å². The molecular weight excluding hydrogens is 328 g/mol. The van der Waals surface area contributed by atoms with Crippen molar-refractivity contribution in [1.29, 1.82) is 0 Å². The first kappa shape index (κ1) is 22.7. The molecule has 0 aliphatic rings. The summed E-state index contributed by atoms with van der Waals surface area (Å²) in [6.07, 6.45) is 1.53. The van der Waals surface area contributed by atoms with Crippen LogP contribution >= 0.6 is 12.4 Å². The number of carbonyl (C=O) groups excluding carboxylic acids is 1. The first-order valence-electron chi connectivity index (χ1n) is 8.28. The minimum Gasteiger partial charge on any atom is -0.491 e. The number of halogens is 1. The second-order valence-electron chi connectivity index (χ2n) is 6.01. The van der Waals surface area contributed by atoms with E-state index in [0.29, 0.717) is 32.8 Å². The molecule has 5 nitrogen and oxygen atoms in total. The van der Waals surface area contributed by atoms with Crippen molar-refractivity contribution >= 4 is 18.3 Å². The van der Waals surface area contributed by atoms with Gasteiger partial charge >= 0.3 is 0 Å². The van der Waals surface area contributed by atoms with Crippen molar-refractivity contribution < 1.29 is 14.3 Å². The fraction of sp³-hybridized carbons (Fsp3) is 0.611. The topological polar surface area (TPSA) is 73.6 Å². The highest BCUT2D eigenvalue weighted by Crippen LogP contribution is 2.20. The van der Waals surface area contributed by atoms with Crippen LogP contribution in [0.25, 0.3) is 0 Å². The summed E-state index contributed by atoms with van der Waals surface area (Å²) >= 11 is 0. The van der Waals surface area contributed by atoms with Crippen LogP contribution in [0.1, 0.15) is 44.7 Å². The predicted octanol–water partition coefficient (Wildman–Crippen LogP) is 2.97. The lowest BCUT2D eigenvalue weighted by atomic mass is 9.96. The van der Waals surface area contributed by atoms with Gasteiger partial charge in [-0.2, -0.15) is 0 Å². The minimum atomic E-state index is -0.838. The standard InChI is InChI=1S/C18H30N2O3.ClH/c1-5-9-18(4,19)17(21)20-13-15-8-7-14(3)12-16(15)23-11-10-22-6-2;/h7-8,12H,5-6,9-11,13,19H2,1-4H3,(H,20,21);1H. The van der Waals surface area contributed by atoms with Crippen molar-refractivity contribution in [1.82, 2.24) is 5.32 Å². The van der Waals surface area contributed by atoms with Crippen LogP contribution in [-0.4, -0.2) is 31.3 Å². The maximum Gasteiger partial charge on any atom is 0.240 e. The zero-order valence-corrected chi connectivity index (χ0v) is 16.0. The normalized spacial score (nSPS) is 12.9. The maximum atomic E-state index is 12.2. The van der Waals surface area contributed by atoms with Crippen LogP contribution < -0.4 is 15.8 Å². The molecule has 0 radical (unpaired) electrons. The fourth-order valence-corrected chi connectivity index (χ4v) is 2.31. The van der Waals surface area contributed by atoms with Crippen LogP contribution in [0.15, 0.2) is 18.2 Å². The molecule has 0 saturated heterocycles. The Kier molecular flexibility index (Phi) is 10.7. The Morgan fingerprint density at radius 3 is 2.62 bits per heavy atom. The monoisotopic (exact) mass is 358 g/mol. The molecular formula is C18H31ClN2O3. The number of rotatable bonds is 10. The summed E-state index contributed by atoms with van der Waals surface area (Å²) in [7, 11) is 0. The lowest BCUT2D eigenvalue weighted by Gasteiger charge is -2.23. The van der Waals surface area contributed by atoms with E-state index in [9.17, 15) is 4.79 Å². The molecule has 0 heterocycles. The van der Waals surface area contributed by atoms with E-state index in [1.807, 2.05) is 39.0 Å². The molecule has 1 unspecified atom stereocenters. The van der Waals surface area contributed by atoms with Gasteiger partial charge in [0.05, 0.1) is 12.1 Å². The summed E-state index contributed by atoms with van der Waals surface area (Å²) in [4.78, 5) is 12.2. The third kappa shape index (κ3) is 7.51. The molecule has 6 heteroatoms. The van der Waals surface area contributed by atoms with Gasteiger partial charge in [0.25, 0.3) is 0 Å². The summed E-state index contributed by atoms with van der Waals surface area (Å²) < 4.78 is 11.1. The molecule has 0 aliphatic heterocycles. The zero-order valence-electron chi connectivity index (χ0n) is 15.2. The number of aryl methyl sites for hydroxylation is 1. The Balaban J connectivity index is 0.00000529. The van der Waals surface area contributed by atoms with Crippen molar-refractivity contribution in [2.24, 2.45) is 5.73 Å². The Morgan fingerprint density at radius 2 is 2.00 bits per heavy atom. The smallest absolute Gasteiger partial charge is 0.240 e. The molecule has 1 aromatic rings. The van der Waals surface area contributed by atoms with Crippen LogP contribution in [0.4, 0.5) is 0 Å². The van der Waals surface area contributed by atoms with Gasteiger partial charge < -0.3 is 20.5 Å². The molecule has 1 atom stereocenters. The van der Waals surface area contributed by atoms with Crippen molar-refractivity contribution in [2.75, 3.05) is 19.8 Å². The number of nitrogens with one attached hydrogen (secondary N) is 1. The summed E-state index contributed by atoms with van der Waals surface area (Å²) in [5.74, 6) is 0.638. The molecule has 1 amide bonds. The van der Waals surface area contributed by atoms with Gasteiger partial charge in [0.1, 0.15) is 12.4 Å². The maximum absolute atomic E-state index is 12.2. The number of hydrogen-bond donors (Lipinski definition) is 2. The Labute approximate surface area is 151 Å². The Bertz CT molecular complexity index is 507. The van der Waals surface area contributed by atoms with Crippen molar-refractivity contribution in [3.05, 3.63) is 29.3 Å². The highest BCUT2D eigenvalue weighted by molar-refractivity contribution is 5.85. The molecule has 1 aromatic carbocycles. The van der Waals surface area contributed by atoms with Gasteiger partial charge in [-0.3, -0.25) is 4.79 Å². The first-order chi connectivity index (χ1) is 10.9. The first-order valence-corrected chi connectivity index (χ1v) is 8.28. The van der Waals surface area contributed by atoms with Crippen molar-refractivity contribution in [3.63, 3.8) is 0 Å². The van der Waals surface area contributed by atoms with E-state index in [2.05, 4.69) is 5.32 Å². The van der Waals surface area contributed by atoms with Crippen molar-refractivity contribution in [2.45, 2.75) is 52.6 Å². The molecule has 0 saturated carbocycles. The zero-order chi connectivity index (χ0) is 17.3. The number of hydrogen-bond acceptors (Lipinski definition) is 4. The molecule has 0 aromatic heterocycles. The van der Waals surface area contributed by atoms with E-state index in [1.165, 1.54) is 0 Å². The highest BCUT2D eigenvalue weighted by atomic mass is 35.5. The van der Waals surface area contributed by atoms with Gasteiger partial charge in [-0.1, -0.05) is 25.5 Å². The van der Waals surface area contributed by atoms with E-state index in [4.69, 9.17) is 15.2 Å². The summed E-state index contributed by atoms with van der Waals surface area (Å²) in [5.41, 5.74) is 7.26. The minimum absolute atomic E-state index is 0. The second kappa shape index (κ2) is 11.3. The van der Waals surface area contributed by atoms with Gasteiger partial charge in [-0.25, -0.2) is 0 Å². The van der Waals surface area contributed by atoms with E-state index in [1.54, 1.807) is 6.92 Å². The Morgan fingerprint density at radius 1 is 1.29 bits per heavy atom. The largest absolute Gasteiger partial charge is 0.491 e. The lowest BCUT2D eigenvalue weighted by molar-refractivity contribution is -0.126. The van der Waals surface area contributed by atoms with E-state index < -0.39 is 5.54 Å². The van der Waals surface area contributed by atoms with Crippen LogP contribution in [0, 0.1) is 6.92 Å². The molecule has 1 rings (SSSR count). The molecule has 3 N–H and O–H groups in total. The number of nitrogens with two attached hydrogens (primary N) is 1. The molecule has 0 spiro atoms. The third-order valence-corrected chi connectivity index (χ3v) is 3.64. The van der Waals surface area contributed by atoms with Gasteiger partial charge in [-0.15, -0.1) is 12.4 Å². The average Bonchev–Trinajstić information content (AvgIpc) is 2.50. The van der Waals surface area contributed by atoms with Crippen LogP contribution in [0.5, 0.6) is 5.75 Å². The van der Waals surface area contributed by atoms with Gasteiger partial charge in [0, 0.05) is 18.7 Å². The molecule has 0 aliphatic carbocycles. The van der Waals surface area contributed by atoms with Gasteiger partial charge in [-0.05, 0) is 38.8 Å². The highest BCUT2D eigenvalue weighted by Gasteiger charge is 2.26. The number of ether oxygens (including phenoxy) is 2. The number of benzene rings is 1. The van der Waals surface area contributed by atoms with Crippen molar-refractivity contribution in [3.8, 4) is 5.75 Å². The quantitative estimate of drug-likeness (QED) is 0.630. The average molecular weight is 359 g/mol. The molecule has 0 bridgehead atoms. The number of carbonyl (C=O) groups is 1. The lowest BCUT2D eigenvalue weighted by Crippen LogP contribution is -2.51. The number of amides is 1. The van der Waals surface area contributed by atoms with E-state index >= 15 is 0 Å². The Hall–Kier alpha value is -1.30. The summed E-state index contributed by atoms with van der Waals surface area (Å²) in [6, 6.07) is 5.95. The molecule has 24 heavy (non-hydrogen) atoms. The summed E-state index contributed by atoms with van der Waals surface area (Å²) in [5, 5.41) is 2.91. The predicted molar refractivity (Wildman–Crippen MR) is 99.8 cm³/mol. The molecule has 0 fully saturated rings. The molecule has 138 valence electrons. The van der Waals surface area contributed by atoms with Crippen LogP contribution in [-0.2, 0) is 16.1 Å². The third-order valence-electron chi connectivity index (χ3n) is 3.64. The van der Waals surface area contributed by atoms with E-state index in [-0.39, 0.29) is 18.3 Å².